The summed E-state index contributed by atoms with van der Waals surface area (Å²) in [6.07, 6.45) is 0.757. The van der Waals surface area contributed by atoms with Gasteiger partial charge in [-0.2, -0.15) is 0 Å². The fourth-order valence-electron chi connectivity index (χ4n) is 1.58. The van der Waals surface area contributed by atoms with Gasteiger partial charge in [-0.05, 0) is 31.4 Å². The molecular weight excluding hydrogens is 262 g/mol. The summed E-state index contributed by atoms with van der Waals surface area (Å²) >= 11 is 0. The van der Waals surface area contributed by atoms with Gasteiger partial charge in [-0.15, -0.1) is 0 Å². The van der Waals surface area contributed by atoms with Crippen molar-refractivity contribution in [2.75, 3.05) is 11.9 Å². The summed E-state index contributed by atoms with van der Waals surface area (Å²) in [7, 11) is 0. The van der Waals surface area contributed by atoms with E-state index in [0.717, 1.165) is 18.6 Å². The van der Waals surface area contributed by atoms with E-state index in [1.165, 1.54) is 0 Å². The Kier molecular flexibility index (Phi) is 5.92. The monoisotopic (exact) mass is 284 g/mol. The van der Waals surface area contributed by atoms with E-state index in [1.54, 1.807) is 0 Å². The number of amides is 1. The number of halogens is 2. The highest BCUT2D eigenvalue weighted by Crippen LogP contribution is 2.21. The molecule has 3 nitrogen and oxygen atoms in total. The summed E-state index contributed by atoms with van der Waals surface area (Å²) in [5.74, 6) is -1.72. The lowest BCUT2D eigenvalue weighted by Crippen LogP contribution is -2.36. The predicted octanol–water partition coefficient (Wildman–Crippen LogP) is 3.56. The minimum Gasteiger partial charge on any atom is -0.380 e. The molecule has 0 aliphatic carbocycles. The Morgan fingerprint density at radius 1 is 1.20 bits per heavy atom. The minimum atomic E-state index is -0.749. The van der Waals surface area contributed by atoms with Gasteiger partial charge < -0.3 is 10.6 Å². The first-order chi connectivity index (χ1) is 9.36. The summed E-state index contributed by atoms with van der Waals surface area (Å²) < 4.78 is 27.6. The number of anilines is 1. The van der Waals surface area contributed by atoms with Crippen LogP contribution in [0.15, 0.2) is 12.1 Å². The molecule has 0 saturated carbocycles. The first kappa shape index (κ1) is 16.4. The molecule has 1 aromatic carbocycles. The number of benzene rings is 1. The Hall–Kier alpha value is -1.65. The summed E-state index contributed by atoms with van der Waals surface area (Å²) in [5.41, 5.74) is -0.185. The van der Waals surface area contributed by atoms with Gasteiger partial charge >= 0.3 is 0 Å². The molecule has 1 amide bonds. The Morgan fingerprint density at radius 2 is 1.75 bits per heavy atom. The van der Waals surface area contributed by atoms with Gasteiger partial charge in [0.05, 0.1) is 0 Å². The van der Waals surface area contributed by atoms with Gasteiger partial charge in [-0.1, -0.05) is 20.8 Å². The molecule has 0 fully saturated rings. The van der Waals surface area contributed by atoms with Gasteiger partial charge in [-0.3, -0.25) is 4.79 Å². The van der Waals surface area contributed by atoms with Crippen molar-refractivity contribution in [1.82, 2.24) is 5.32 Å². The summed E-state index contributed by atoms with van der Waals surface area (Å²) in [5, 5.41) is 5.39. The van der Waals surface area contributed by atoms with Crippen LogP contribution in [0.3, 0.4) is 0 Å². The SMILES string of the molecule is CCCNc1c(F)cc(C(=O)NC(C)C(C)C)cc1F. The molecule has 20 heavy (non-hydrogen) atoms. The molecule has 5 heteroatoms. The van der Waals surface area contributed by atoms with Crippen LogP contribution >= 0.6 is 0 Å². The minimum absolute atomic E-state index is 0.00505. The second-order valence-electron chi connectivity index (χ2n) is 5.25. The van der Waals surface area contributed by atoms with Crippen molar-refractivity contribution in [2.45, 2.75) is 40.2 Å². The molecule has 1 rings (SSSR count). The number of rotatable bonds is 6. The smallest absolute Gasteiger partial charge is 0.251 e. The third kappa shape index (κ3) is 4.18. The largest absolute Gasteiger partial charge is 0.380 e. The maximum Gasteiger partial charge on any atom is 0.251 e. The Bertz CT molecular complexity index is 452. The third-order valence-electron chi connectivity index (χ3n) is 3.21. The van der Waals surface area contributed by atoms with Crippen LogP contribution in [0.1, 0.15) is 44.5 Å². The molecule has 0 aromatic heterocycles. The van der Waals surface area contributed by atoms with E-state index >= 15 is 0 Å². The first-order valence-corrected chi connectivity index (χ1v) is 6.90. The molecule has 0 bridgehead atoms. The van der Waals surface area contributed by atoms with E-state index in [9.17, 15) is 13.6 Å². The van der Waals surface area contributed by atoms with E-state index in [1.807, 2.05) is 27.7 Å². The zero-order chi connectivity index (χ0) is 15.3. The molecular formula is C15H22F2N2O. The summed E-state index contributed by atoms with van der Waals surface area (Å²) in [6, 6.07) is 2.05. The first-order valence-electron chi connectivity index (χ1n) is 6.90. The van der Waals surface area contributed by atoms with Crippen molar-refractivity contribution in [1.29, 1.82) is 0 Å². The van der Waals surface area contributed by atoms with Crippen molar-refractivity contribution in [3.05, 3.63) is 29.3 Å². The van der Waals surface area contributed by atoms with Gasteiger partial charge in [0.15, 0.2) is 0 Å². The lowest BCUT2D eigenvalue weighted by atomic mass is 10.1. The number of carbonyl (C=O) groups is 1. The second-order valence-corrected chi connectivity index (χ2v) is 5.25. The molecule has 0 radical (unpaired) electrons. The summed E-state index contributed by atoms with van der Waals surface area (Å²) in [6.45, 7) is 8.15. The average Bonchev–Trinajstić information content (AvgIpc) is 2.37. The fraction of sp³-hybridized carbons (Fsp3) is 0.533. The molecule has 0 spiro atoms. The maximum absolute atomic E-state index is 13.8. The number of carbonyl (C=O) groups excluding carboxylic acids is 1. The van der Waals surface area contributed by atoms with E-state index < -0.39 is 17.5 Å². The highest BCUT2D eigenvalue weighted by atomic mass is 19.1. The molecule has 0 heterocycles. The highest BCUT2D eigenvalue weighted by Gasteiger charge is 2.17. The third-order valence-corrected chi connectivity index (χ3v) is 3.21. The van der Waals surface area contributed by atoms with Crippen LogP contribution < -0.4 is 10.6 Å². The van der Waals surface area contributed by atoms with Crippen LogP contribution in [-0.2, 0) is 0 Å². The molecule has 0 aliphatic heterocycles. The standard InChI is InChI=1S/C15H22F2N2O/c1-5-6-18-14-12(16)7-11(8-13(14)17)15(20)19-10(4)9(2)3/h7-10,18H,5-6H2,1-4H3,(H,19,20). The molecule has 1 atom stereocenters. The molecule has 0 saturated heterocycles. The van der Waals surface area contributed by atoms with Gasteiger partial charge in [0.1, 0.15) is 17.3 Å². The lowest BCUT2D eigenvalue weighted by Gasteiger charge is -2.18. The maximum atomic E-state index is 13.8. The topological polar surface area (TPSA) is 41.1 Å². The zero-order valence-corrected chi connectivity index (χ0v) is 12.4. The van der Waals surface area contributed by atoms with E-state index in [4.69, 9.17) is 0 Å². The molecule has 2 N–H and O–H groups in total. The summed E-state index contributed by atoms with van der Waals surface area (Å²) in [4.78, 5) is 11.9. The van der Waals surface area contributed by atoms with Crippen molar-refractivity contribution in [3.8, 4) is 0 Å². The average molecular weight is 284 g/mol. The van der Waals surface area contributed by atoms with Crippen LogP contribution in [0.25, 0.3) is 0 Å². The van der Waals surface area contributed by atoms with Crippen molar-refractivity contribution >= 4 is 11.6 Å². The number of hydrogen-bond donors (Lipinski definition) is 2. The van der Waals surface area contributed by atoms with Gasteiger partial charge in [-0.25, -0.2) is 8.78 Å². The van der Waals surface area contributed by atoms with Gasteiger partial charge in [0, 0.05) is 18.2 Å². The Balaban J connectivity index is 2.90. The molecule has 112 valence electrons. The number of hydrogen-bond acceptors (Lipinski definition) is 2. The quantitative estimate of drug-likeness (QED) is 0.838. The highest BCUT2D eigenvalue weighted by molar-refractivity contribution is 5.94. The number of nitrogens with one attached hydrogen (secondary N) is 2. The zero-order valence-electron chi connectivity index (χ0n) is 12.4. The molecule has 1 aromatic rings. The van der Waals surface area contributed by atoms with E-state index in [2.05, 4.69) is 10.6 Å². The predicted molar refractivity (Wildman–Crippen MR) is 76.9 cm³/mol. The van der Waals surface area contributed by atoms with Crippen LogP contribution in [0.2, 0.25) is 0 Å². The van der Waals surface area contributed by atoms with Crippen LogP contribution in [0, 0.1) is 17.6 Å². The van der Waals surface area contributed by atoms with Crippen molar-refractivity contribution < 1.29 is 13.6 Å². The van der Waals surface area contributed by atoms with Crippen LogP contribution in [-0.4, -0.2) is 18.5 Å². The van der Waals surface area contributed by atoms with Crippen molar-refractivity contribution in [3.63, 3.8) is 0 Å². The molecule has 1 unspecified atom stereocenters. The fourth-order valence-corrected chi connectivity index (χ4v) is 1.58. The Morgan fingerprint density at radius 3 is 2.20 bits per heavy atom. The van der Waals surface area contributed by atoms with E-state index in [0.29, 0.717) is 6.54 Å². The second kappa shape index (κ2) is 7.22. The van der Waals surface area contributed by atoms with Crippen molar-refractivity contribution in [2.24, 2.45) is 5.92 Å². The van der Waals surface area contributed by atoms with E-state index in [-0.39, 0.29) is 23.2 Å². The lowest BCUT2D eigenvalue weighted by molar-refractivity contribution is 0.0929. The normalized spacial score (nSPS) is 12.3. The van der Waals surface area contributed by atoms with Gasteiger partial charge in [0.2, 0.25) is 0 Å². The van der Waals surface area contributed by atoms with Crippen LogP contribution in [0.5, 0.6) is 0 Å². The Labute approximate surface area is 118 Å². The van der Waals surface area contributed by atoms with Crippen LogP contribution in [0.4, 0.5) is 14.5 Å². The van der Waals surface area contributed by atoms with Gasteiger partial charge in [0.25, 0.3) is 5.91 Å². The molecule has 0 aliphatic rings.